The molecular weight excluding hydrogens is 228 g/mol. The number of methoxy groups -OCH3 is 2. The molecule has 3 heteroatoms. The topological polar surface area (TPSA) is 35.5 Å². The smallest absolute Gasteiger partial charge is 0.312 e. The fourth-order valence-electron chi connectivity index (χ4n) is 2.13. The number of rotatable bonds is 3. The highest BCUT2D eigenvalue weighted by Gasteiger charge is 2.20. The number of hydrogen-bond donors (Lipinski definition) is 0. The van der Waals surface area contributed by atoms with Gasteiger partial charge in [0, 0.05) is 10.9 Å². The molecule has 3 nitrogen and oxygen atoms in total. The summed E-state index contributed by atoms with van der Waals surface area (Å²) in [5, 5.41) is 2.10. The molecule has 94 valence electrons. The second kappa shape index (κ2) is 5.08. The molecule has 0 fully saturated rings. The van der Waals surface area contributed by atoms with E-state index in [2.05, 4.69) is 0 Å². The Kier molecular flexibility index (Phi) is 3.51. The maximum atomic E-state index is 11.6. The predicted molar refractivity (Wildman–Crippen MR) is 70.9 cm³/mol. The van der Waals surface area contributed by atoms with E-state index in [0.29, 0.717) is 0 Å². The minimum Gasteiger partial charge on any atom is -0.496 e. The van der Waals surface area contributed by atoms with Gasteiger partial charge in [-0.05, 0) is 12.3 Å². The van der Waals surface area contributed by atoms with Crippen LogP contribution in [0.1, 0.15) is 18.4 Å². The molecule has 0 aliphatic heterocycles. The summed E-state index contributed by atoms with van der Waals surface area (Å²) in [6.45, 7) is 1.82. The molecule has 0 bridgehead atoms. The highest BCUT2D eigenvalue weighted by atomic mass is 16.5. The second-order valence-electron chi connectivity index (χ2n) is 4.15. The van der Waals surface area contributed by atoms with Gasteiger partial charge in [-0.3, -0.25) is 4.79 Å². The van der Waals surface area contributed by atoms with Crippen molar-refractivity contribution in [3.8, 4) is 5.75 Å². The van der Waals surface area contributed by atoms with Gasteiger partial charge < -0.3 is 9.47 Å². The zero-order chi connectivity index (χ0) is 13.1. The molecule has 0 spiro atoms. The standard InChI is InChI=1S/C15H16O3/c1-10(15(16)18-3)12-9-8-11-6-4-5-7-13(11)14(12)17-2/h4-10H,1-3H3/t10-/m0/s1. The van der Waals surface area contributed by atoms with Crippen LogP contribution in [0.5, 0.6) is 5.75 Å². The molecule has 0 unspecified atom stereocenters. The van der Waals surface area contributed by atoms with Gasteiger partial charge in [-0.25, -0.2) is 0 Å². The number of fused-ring (bicyclic) bond motifs is 1. The van der Waals surface area contributed by atoms with Crippen molar-refractivity contribution in [2.75, 3.05) is 14.2 Å². The van der Waals surface area contributed by atoms with Gasteiger partial charge in [0.1, 0.15) is 5.75 Å². The maximum absolute atomic E-state index is 11.6. The van der Waals surface area contributed by atoms with Crippen molar-refractivity contribution in [2.45, 2.75) is 12.8 Å². The van der Waals surface area contributed by atoms with Crippen LogP contribution in [0.3, 0.4) is 0 Å². The molecule has 0 saturated carbocycles. The van der Waals surface area contributed by atoms with E-state index in [1.807, 2.05) is 43.3 Å². The van der Waals surface area contributed by atoms with E-state index in [1.54, 1.807) is 7.11 Å². The van der Waals surface area contributed by atoms with Crippen LogP contribution in [0.2, 0.25) is 0 Å². The highest BCUT2D eigenvalue weighted by Crippen LogP contribution is 2.34. The first-order valence-corrected chi connectivity index (χ1v) is 5.82. The number of ether oxygens (including phenoxy) is 2. The lowest BCUT2D eigenvalue weighted by molar-refractivity contribution is -0.142. The molecule has 2 rings (SSSR count). The Morgan fingerprint density at radius 3 is 2.50 bits per heavy atom. The molecule has 1 atom stereocenters. The summed E-state index contributed by atoms with van der Waals surface area (Å²) in [6, 6.07) is 11.9. The zero-order valence-electron chi connectivity index (χ0n) is 10.8. The average molecular weight is 244 g/mol. The van der Waals surface area contributed by atoms with Crippen LogP contribution in [0.25, 0.3) is 10.8 Å². The van der Waals surface area contributed by atoms with E-state index in [0.717, 1.165) is 22.1 Å². The van der Waals surface area contributed by atoms with E-state index in [1.165, 1.54) is 7.11 Å². The first kappa shape index (κ1) is 12.4. The Labute approximate surface area is 106 Å². The van der Waals surface area contributed by atoms with E-state index in [9.17, 15) is 4.79 Å². The lowest BCUT2D eigenvalue weighted by Gasteiger charge is -2.15. The minimum absolute atomic E-state index is 0.261. The molecule has 0 heterocycles. The van der Waals surface area contributed by atoms with Crippen LogP contribution < -0.4 is 4.74 Å². The van der Waals surface area contributed by atoms with E-state index < -0.39 is 0 Å². The van der Waals surface area contributed by atoms with Gasteiger partial charge >= 0.3 is 5.97 Å². The Hall–Kier alpha value is -2.03. The van der Waals surface area contributed by atoms with Crippen LogP contribution in [0, 0.1) is 0 Å². The molecule has 18 heavy (non-hydrogen) atoms. The van der Waals surface area contributed by atoms with Gasteiger partial charge in [0.2, 0.25) is 0 Å². The summed E-state index contributed by atoms with van der Waals surface area (Å²) in [6.07, 6.45) is 0. The third-order valence-electron chi connectivity index (χ3n) is 3.14. The molecule has 0 aliphatic carbocycles. The van der Waals surface area contributed by atoms with E-state index >= 15 is 0 Å². The van der Waals surface area contributed by atoms with Crippen LogP contribution in [0.15, 0.2) is 36.4 Å². The van der Waals surface area contributed by atoms with Gasteiger partial charge in [-0.15, -0.1) is 0 Å². The van der Waals surface area contributed by atoms with Crippen molar-refractivity contribution < 1.29 is 14.3 Å². The largest absolute Gasteiger partial charge is 0.496 e. The number of carbonyl (C=O) groups excluding carboxylic acids is 1. The van der Waals surface area contributed by atoms with Gasteiger partial charge in [-0.2, -0.15) is 0 Å². The van der Waals surface area contributed by atoms with Crippen LogP contribution in [-0.2, 0) is 9.53 Å². The number of hydrogen-bond acceptors (Lipinski definition) is 3. The van der Waals surface area contributed by atoms with Crippen LogP contribution in [-0.4, -0.2) is 20.2 Å². The van der Waals surface area contributed by atoms with Crippen molar-refractivity contribution in [3.05, 3.63) is 42.0 Å². The monoisotopic (exact) mass is 244 g/mol. The molecule has 0 aromatic heterocycles. The summed E-state index contributed by atoms with van der Waals surface area (Å²) in [7, 11) is 3.02. The molecular formula is C15H16O3. The van der Waals surface area contributed by atoms with E-state index in [4.69, 9.17) is 9.47 Å². The predicted octanol–water partition coefficient (Wildman–Crippen LogP) is 3.12. The Morgan fingerprint density at radius 1 is 1.11 bits per heavy atom. The average Bonchev–Trinajstić information content (AvgIpc) is 2.44. The normalized spacial score (nSPS) is 12.2. The molecule has 0 amide bonds. The van der Waals surface area contributed by atoms with Crippen LogP contribution >= 0.6 is 0 Å². The molecule has 0 saturated heterocycles. The lowest BCUT2D eigenvalue weighted by atomic mass is 9.96. The molecule has 0 N–H and O–H groups in total. The lowest BCUT2D eigenvalue weighted by Crippen LogP contribution is -2.12. The maximum Gasteiger partial charge on any atom is 0.312 e. The van der Waals surface area contributed by atoms with Crippen molar-refractivity contribution in [3.63, 3.8) is 0 Å². The van der Waals surface area contributed by atoms with Crippen molar-refractivity contribution in [2.24, 2.45) is 0 Å². The molecule has 2 aromatic rings. The van der Waals surface area contributed by atoms with Crippen molar-refractivity contribution in [1.82, 2.24) is 0 Å². The zero-order valence-corrected chi connectivity index (χ0v) is 10.8. The molecule has 0 radical (unpaired) electrons. The summed E-state index contributed by atoms with van der Waals surface area (Å²) in [5.41, 5.74) is 0.850. The quantitative estimate of drug-likeness (QED) is 0.778. The fourth-order valence-corrected chi connectivity index (χ4v) is 2.13. The van der Waals surface area contributed by atoms with Crippen molar-refractivity contribution >= 4 is 16.7 Å². The first-order valence-electron chi connectivity index (χ1n) is 5.82. The summed E-state index contributed by atoms with van der Waals surface area (Å²) in [4.78, 5) is 11.6. The third-order valence-corrected chi connectivity index (χ3v) is 3.14. The Morgan fingerprint density at radius 2 is 1.83 bits per heavy atom. The van der Waals surface area contributed by atoms with E-state index in [-0.39, 0.29) is 11.9 Å². The second-order valence-corrected chi connectivity index (χ2v) is 4.15. The Bertz CT molecular complexity index is 575. The summed E-state index contributed by atoms with van der Waals surface area (Å²) in [5.74, 6) is 0.143. The fraction of sp³-hybridized carbons (Fsp3) is 0.267. The van der Waals surface area contributed by atoms with Gasteiger partial charge in [-0.1, -0.05) is 36.4 Å². The Balaban J connectivity index is 2.61. The first-order chi connectivity index (χ1) is 8.69. The van der Waals surface area contributed by atoms with Gasteiger partial charge in [0.15, 0.2) is 0 Å². The number of carbonyl (C=O) groups is 1. The number of esters is 1. The molecule has 0 aliphatic rings. The molecule has 2 aromatic carbocycles. The summed E-state index contributed by atoms with van der Waals surface area (Å²) >= 11 is 0. The highest BCUT2D eigenvalue weighted by molar-refractivity contribution is 5.91. The van der Waals surface area contributed by atoms with Gasteiger partial charge in [0.25, 0.3) is 0 Å². The van der Waals surface area contributed by atoms with Crippen LogP contribution in [0.4, 0.5) is 0 Å². The van der Waals surface area contributed by atoms with Crippen molar-refractivity contribution in [1.29, 1.82) is 0 Å². The SMILES string of the molecule is COC(=O)[C@@H](C)c1ccc2ccccc2c1OC. The summed E-state index contributed by atoms with van der Waals surface area (Å²) < 4.78 is 10.3. The third kappa shape index (κ3) is 2.04. The number of benzene rings is 2. The minimum atomic E-state index is -0.338. The van der Waals surface area contributed by atoms with Gasteiger partial charge in [0.05, 0.1) is 20.1 Å².